The lowest BCUT2D eigenvalue weighted by Crippen LogP contribution is -2.50. The van der Waals surface area contributed by atoms with E-state index in [0.717, 1.165) is 19.3 Å². The average Bonchev–Trinajstić information content (AvgIpc) is 2.91. The van der Waals surface area contributed by atoms with Gasteiger partial charge in [-0.25, -0.2) is 9.59 Å². The minimum atomic E-state index is -0.560. The minimum absolute atomic E-state index is 0.111. The summed E-state index contributed by atoms with van der Waals surface area (Å²) in [5.41, 5.74) is -0.560. The van der Waals surface area contributed by atoms with Crippen LogP contribution in [0.4, 0.5) is 4.79 Å². The number of carbonyl (C=O) groups excluding carboxylic acids is 2. The van der Waals surface area contributed by atoms with Crippen LogP contribution in [0.15, 0.2) is 0 Å². The number of carbonyl (C=O) groups is 2. The molecule has 0 aromatic heterocycles. The number of amides is 1. The third-order valence-electron chi connectivity index (χ3n) is 4.79. The first-order valence-electron chi connectivity index (χ1n) is 9.01. The van der Waals surface area contributed by atoms with Crippen molar-refractivity contribution >= 4 is 12.1 Å². The molecule has 2 atom stereocenters. The van der Waals surface area contributed by atoms with Gasteiger partial charge in [0, 0.05) is 6.04 Å². The largest absolute Gasteiger partial charge is 0.464 e. The van der Waals surface area contributed by atoms with Crippen molar-refractivity contribution in [1.29, 1.82) is 0 Å². The molecule has 132 valence electrons. The fraction of sp³-hybridized carbons (Fsp3) is 0.889. The number of nitrogens with zero attached hydrogens (tertiary/aromatic N) is 1. The van der Waals surface area contributed by atoms with Gasteiger partial charge in [0.05, 0.1) is 6.61 Å². The van der Waals surface area contributed by atoms with Crippen LogP contribution in [0.5, 0.6) is 0 Å². The molecule has 2 rings (SSSR count). The van der Waals surface area contributed by atoms with Gasteiger partial charge in [0.2, 0.25) is 0 Å². The summed E-state index contributed by atoms with van der Waals surface area (Å²) in [6, 6.07) is -0.378. The molecule has 5 heteroatoms. The molecule has 0 radical (unpaired) electrons. The molecular weight excluding hydrogens is 294 g/mol. The number of ether oxygens (including phenoxy) is 2. The van der Waals surface area contributed by atoms with Crippen LogP contribution in [-0.4, -0.2) is 41.3 Å². The van der Waals surface area contributed by atoms with Gasteiger partial charge in [0.1, 0.15) is 11.6 Å². The van der Waals surface area contributed by atoms with Crippen molar-refractivity contribution in [2.45, 2.75) is 90.3 Å². The number of likely N-dealkylation sites (tertiary alicyclic amines) is 1. The van der Waals surface area contributed by atoms with E-state index in [1.807, 2.05) is 20.8 Å². The first-order valence-corrected chi connectivity index (χ1v) is 9.01. The standard InChI is InChI=1S/C18H31NO4/c1-5-22-16(20)15-12-11-14(13-9-7-6-8-10-13)19(15)17(21)23-18(2,3)4/h13-15H,5-12H2,1-4H3/t14-,15-/m0/s1. The van der Waals surface area contributed by atoms with E-state index in [9.17, 15) is 9.59 Å². The van der Waals surface area contributed by atoms with Gasteiger partial charge in [-0.1, -0.05) is 19.3 Å². The van der Waals surface area contributed by atoms with Crippen LogP contribution in [-0.2, 0) is 14.3 Å². The van der Waals surface area contributed by atoms with Crippen LogP contribution in [0.25, 0.3) is 0 Å². The maximum atomic E-state index is 12.7. The minimum Gasteiger partial charge on any atom is -0.464 e. The van der Waals surface area contributed by atoms with Gasteiger partial charge in [-0.15, -0.1) is 0 Å². The van der Waals surface area contributed by atoms with Gasteiger partial charge >= 0.3 is 12.1 Å². The topological polar surface area (TPSA) is 55.8 Å². The number of hydrogen-bond acceptors (Lipinski definition) is 4. The molecule has 1 aliphatic heterocycles. The Kier molecular flexibility index (Phi) is 5.93. The summed E-state index contributed by atoms with van der Waals surface area (Å²) in [6.45, 7) is 7.71. The highest BCUT2D eigenvalue weighted by Crippen LogP contribution is 2.38. The quantitative estimate of drug-likeness (QED) is 0.739. The maximum absolute atomic E-state index is 12.7. The van der Waals surface area contributed by atoms with Crippen molar-refractivity contribution in [2.24, 2.45) is 5.92 Å². The van der Waals surface area contributed by atoms with Gasteiger partial charge < -0.3 is 9.47 Å². The van der Waals surface area contributed by atoms with E-state index in [1.165, 1.54) is 19.3 Å². The van der Waals surface area contributed by atoms with E-state index in [0.29, 0.717) is 18.9 Å². The molecular formula is C18H31NO4. The van der Waals surface area contributed by atoms with Gasteiger partial charge in [-0.3, -0.25) is 4.90 Å². The monoisotopic (exact) mass is 325 g/mol. The molecule has 0 spiro atoms. The second kappa shape index (κ2) is 7.54. The molecule has 2 aliphatic rings. The Morgan fingerprint density at radius 3 is 2.26 bits per heavy atom. The number of rotatable bonds is 3. The SMILES string of the molecule is CCOC(=O)[C@@H]1CC[C@@H](C2CCCCC2)N1C(=O)OC(C)(C)C. The highest BCUT2D eigenvalue weighted by molar-refractivity contribution is 5.82. The van der Waals surface area contributed by atoms with Crippen molar-refractivity contribution < 1.29 is 19.1 Å². The smallest absolute Gasteiger partial charge is 0.411 e. The number of hydrogen-bond donors (Lipinski definition) is 0. The van der Waals surface area contributed by atoms with Crippen molar-refractivity contribution in [3.63, 3.8) is 0 Å². The zero-order valence-electron chi connectivity index (χ0n) is 15.0. The second-order valence-corrected chi connectivity index (χ2v) is 7.70. The summed E-state index contributed by atoms with van der Waals surface area (Å²) >= 11 is 0. The van der Waals surface area contributed by atoms with Crippen LogP contribution in [0.3, 0.4) is 0 Å². The summed E-state index contributed by atoms with van der Waals surface area (Å²) in [6.07, 6.45) is 7.16. The van der Waals surface area contributed by atoms with Gasteiger partial charge in [0.25, 0.3) is 0 Å². The molecule has 1 aliphatic carbocycles. The summed E-state index contributed by atoms with van der Waals surface area (Å²) in [5.74, 6) is 0.187. The summed E-state index contributed by atoms with van der Waals surface area (Å²) in [7, 11) is 0. The van der Waals surface area contributed by atoms with Crippen LogP contribution in [0, 0.1) is 5.92 Å². The zero-order chi connectivity index (χ0) is 17.0. The van der Waals surface area contributed by atoms with E-state index >= 15 is 0 Å². The van der Waals surface area contributed by atoms with Gasteiger partial charge in [-0.2, -0.15) is 0 Å². The maximum Gasteiger partial charge on any atom is 0.411 e. The zero-order valence-corrected chi connectivity index (χ0v) is 15.0. The van der Waals surface area contributed by atoms with Crippen LogP contribution >= 0.6 is 0 Å². The fourth-order valence-electron chi connectivity index (χ4n) is 3.87. The van der Waals surface area contributed by atoms with Gasteiger partial charge in [-0.05, 0) is 59.3 Å². The van der Waals surface area contributed by atoms with E-state index in [4.69, 9.17) is 9.47 Å². The lowest BCUT2D eigenvalue weighted by atomic mass is 9.83. The van der Waals surface area contributed by atoms with E-state index in [2.05, 4.69) is 0 Å². The molecule has 5 nitrogen and oxygen atoms in total. The molecule has 1 amide bonds. The summed E-state index contributed by atoms with van der Waals surface area (Å²) < 4.78 is 10.8. The molecule has 0 unspecified atom stereocenters. The van der Waals surface area contributed by atoms with Crippen LogP contribution in [0.2, 0.25) is 0 Å². The molecule has 0 aromatic carbocycles. The third kappa shape index (κ3) is 4.61. The Morgan fingerprint density at radius 1 is 1.04 bits per heavy atom. The lowest BCUT2D eigenvalue weighted by molar-refractivity contribution is -0.149. The Balaban J connectivity index is 2.17. The van der Waals surface area contributed by atoms with Crippen LogP contribution < -0.4 is 0 Å². The highest BCUT2D eigenvalue weighted by atomic mass is 16.6. The van der Waals surface area contributed by atoms with E-state index in [-0.39, 0.29) is 18.1 Å². The van der Waals surface area contributed by atoms with E-state index < -0.39 is 11.6 Å². The highest BCUT2D eigenvalue weighted by Gasteiger charge is 2.46. The first-order chi connectivity index (χ1) is 10.8. The van der Waals surface area contributed by atoms with E-state index in [1.54, 1.807) is 11.8 Å². The normalized spacial score (nSPS) is 26.2. The second-order valence-electron chi connectivity index (χ2n) is 7.70. The van der Waals surface area contributed by atoms with Crippen molar-refractivity contribution in [2.75, 3.05) is 6.61 Å². The molecule has 1 saturated heterocycles. The van der Waals surface area contributed by atoms with Crippen molar-refractivity contribution in [1.82, 2.24) is 4.90 Å². The Morgan fingerprint density at radius 2 is 1.70 bits per heavy atom. The molecule has 2 fully saturated rings. The Labute approximate surface area is 139 Å². The predicted octanol–water partition coefficient (Wildman–Crippen LogP) is 3.90. The molecule has 1 saturated carbocycles. The van der Waals surface area contributed by atoms with Crippen molar-refractivity contribution in [3.8, 4) is 0 Å². The molecule has 23 heavy (non-hydrogen) atoms. The first kappa shape index (κ1) is 18.1. The van der Waals surface area contributed by atoms with Crippen molar-refractivity contribution in [3.05, 3.63) is 0 Å². The summed E-state index contributed by atoms with van der Waals surface area (Å²) in [4.78, 5) is 26.7. The number of esters is 1. The lowest BCUT2D eigenvalue weighted by Gasteiger charge is -2.36. The molecule has 1 heterocycles. The average molecular weight is 325 g/mol. The third-order valence-corrected chi connectivity index (χ3v) is 4.79. The summed E-state index contributed by atoms with van der Waals surface area (Å²) in [5, 5.41) is 0. The Hall–Kier alpha value is -1.26. The fourth-order valence-corrected chi connectivity index (χ4v) is 3.87. The molecule has 0 aromatic rings. The predicted molar refractivity (Wildman–Crippen MR) is 88.1 cm³/mol. The van der Waals surface area contributed by atoms with Crippen LogP contribution in [0.1, 0.15) is 72.6 Å². The Bertz CT molecular complexity index is 423. The molecule has 0 N–H and O–H groups in total. The molecule has 0 bridgehead atoms. The van der Waals surface area contributed by atoms with Gasteiger partial charge in [0.15, 0.2) is 0 Å².